The highest BCUT2D eigenvalue weighted by molar-refractivity contribution is 7.80. The van der Waals surface area contributed by atoms with Gasteiger partial charge >= 0.3 is 0 Å². The molecule has 4 aromatic rings. The molecule has 0 aromatic heterocycles. The number of carbonyl (C=O) groups is 1. The average Bonchev–Trinajstić information content (AvgIpc) is 3.02. The van der Waals surface area contributed by atoms with Crippen LogP contribution < -0.4 is 31.2 Å². The molecule has 10 heteroatoms. The van der Waals surface area contributed by atoms with Crippen LogP contribution in [-0.4, -0.2) is 25.1 Å². The van der Waals surface area contributed by atoms with E-state index in [4.69, 9.17) is 21.7 Å². The zero-order valence-corrected chi connectivity index (χ0v) is 28.3. The van der Waals surface area contributed by atoms with Crippen LogP contribution >= 0.6 is 12.2 Å². The summed E-state index contributed by atoms with van der Waals surface area (Å²) in [6, 6.07) is 25.5. The van der Waals surface area contributed by atoms with Gasteiger partial charge in [-0.05, 0) is 46.5 Å². The number of nitrogens with one attached hydrogen (secondary N) is 4. The number of methoxy groups -OCH3 is 2. The summed E-state index contributed by atoms with van der Waals surface area (Å²) >= 11 is 5.32. The minimum atomic E-state index is -0.560. The molecule has 1 amide bonds. The Hall–Kier alpha value is -4.70. The highest BCUT2D eigenvalue weighted by atomic mass is 32.1. The second-order valence-corrected chi connectivity index (χ2v) is 12.9. The van der Waals surface area contributed by atoms with Crippen LogP contribution in [0.2, 0.25) is 0 Å². The van der Waals surface area contributed by atoms with E-state index in [9.17, 15) is 13.6 Å². The minimum absolute atomic E-state index is 0.0545. The zero-order chi connectivity index (χ0) is 34.1. The molecule has 0 saturated heterocycles. The second-order valence-electron chi connectivity index (χ2n) is 12.5. The van der Waals surface area contributed by atoms with Crippen molar-refractivity contribution in [1.29, 1.82) is 0 Å². The van der Waals surface area contributed by atoms with Gasteiger partial charge in [0.05, 0.1) is 30.6 Å². The summed E-state index contributed by atoms with van der Waals surface area (Å²) < 4.78 is 38.9. The number of thiocarbonyl (C=S) groups is 1. The van der Waals surface area contributed by atoms with E-state index in [2.05, 4.69) is 21.7 Å². The van der Waals surface area contributed by atoms with Crippen molar-refractivity contribution in [2.24, 2.45) is 10.8 Å². The largest absolute Gasteiger partial charge is 0.492 e. The van der Waals surface area contributed by atoms with Crippen molar-refractivity contribution in [2.45, 2.75) is 41.5 Å². The Morgan fingerprint density at radius 1 is 0.609 bits per heavy atom. The SMILES string of the molecule is COc1c(F)cc(-c2ccccc2)cc1NNC(=O)C(C)(C)C.COc1c(F)cc(-c2ccccc2)cc1NNC(=S)C(C)(C)C. The fourth-order valence-corrected chi connectivity index (χ4v) is 4.06. The lowest BCUT2D eigenvalue weighted by atomic mass is 9.96. The van der Waals surface area contributed by atoms with Crippen molar-refractivity contribution in [3.05, 3.63) is 96.6 Å². The van der Waals surface area contributed by atoms with Crippen LogP contribution in [-0.2, 0) is 4.79 Å². The highest BCUT2D eigenvalue weighted by Crippen LogP contribution is 2.34. The Balaban J connectivity index is 0.000000250. The van der Waals surface area contributed by atoms with Crippen LogP contribution in [0.1, 0.15) is 41.5 Å². The number of ether oxygens (including phenoxy) is 2. The van der Waals surface area contributed by atoms with Gasteiger partial charge in [0, 0.05) is 10.8 Å². The second kappa shape index (κ2) is 15.5. The Kier molecular flexibility index (Phi) is 12.1. The van der Waals surface area contributed by atoms with Crippen molar-refractivity contribution in [2.75, 3.05) is 25.1 Å². The molecule has 0 unspecified atom stereocenters. The monoisotopic (exact) mass is 648 g/mol. The minimum Gasteiger partial charge on any atom is -0.492 e. The number of carbonyl (C=O) groups excluding carboxylic acids is 1. The highest BCUT2D eigenvalue weighted by Gasteiger charge is 2.22. The lowest BCUT2D eigenvalue weighted by Crippen LogP contribution is -2.38. The fraction of sp³-hybridized carbons (Fsp3) is 0.278. The first-order chi connectivity index (χ1) is 21.6. The third-order valence-electron chi connectivity index (χ3n) is 6.69. The maximum Gasteiger partial charge on any atom is 0.243 e. The number of hydrogen-bond acceptors (Lipinski definition) is 6. The summed E-state index contributed by atoms with van der Waals surface area (Å²) in [4.78, 5) is 12.6. The normalized spacial score (nSPS) is 11.0. The van der Waals surface area contributed by atoms with Crippen LogP contribution in [0.5, 0.6) is 11.5 Å². The molecule has 46 heavy (non-hydrogen) atoms. The summed E-state index contributed by atoms with van der Waals surface area (Å²) in [7, 11) is 2.82. The topological polar surface area (TPSA) is 83.7 Å². The summed E-state index contributed by atoms with van der Waals surface area (Å²) in [5.41, 5.74) is 14.6. The van der Waals surface area contributed by atoms with E-state index in [-0.39, 0.29) is 22.8 Å². The number of benzene rings is 4. The molecule has 0 aliphatic carbocycles. The molecule has 0 aliphatic heterocycles. The van der Waals surface area contributed by atoms with Crippen molar-refractivity contribution < 1.29 is 23.0 Å². The molecule has 0 spiro atoms. The molecule has 0 atom stereocenters. The van der Waals surface area contributed by atoms with Crippen molar-refractivity contribution in [3.8, 4) is 33.8 Å². The Labute approximate surface area is 275 Å². The van der Waals surface area contributed by atoms with Gasteiger partial charge in [-0.3, -0.25) is 26.5 Å². The lowest BCUT2D eigenvalue weighted by Gasteiger charge is -2.23. The Bertz CT molecular complexity index is 1510. The third kappa shape index (κ3) is 9.65. The first kappa shape index (κ1) is 35.8. The van der Waals surface area contributed by atoms with Gasteiger partial charge in [0.25, 0.3) is 0 Å². The average molecular weight is 649 g/mol. The van der Waals surface area contributed by atoms with Gasteiger partial charge in [0.15, 0.2) is 23.1 Å². The van der Waals surface area contributed by atoms with Gasteiger partial charge in [0.1, 0.15) is 0 Å². The number of anilines is 2. The molecule has 244 valence electrons. The number of amides is 1. The maximum atomic E-state index is 14.3. The predicted octanol–water partition coefficient (Wildman–Crippen LogP) is 8.78. The number of hydrazine groups is 2. The summed E-state index contributed by atoms with van der Waals surface area (Å²) in [5.74, 6) is -0.931. The summed E-state index contributed by atoms with van der Waals surface area (Å²) in [6.07, 6.45) is 0. The first-order valence-electron chi connectivity index (χ1n) is 14.6. The van der Waals surface area contributed by atoms with Crippen LogP contribution in [0.3, 0.4) is 0 Å². The zero-order valence-electron chi connectivity index (χ0n) is 27.5. The molecule has 0 heterocycles. The molecule has 0 aliphatic rings. The van der Waals surface area contributed by atoms with Gasteiger partial charge in [-0.25, -0.2) is 8.78 Å². The molecular formula is C36H42F2N4O3S. The van der Waals surface area contributed by atoms with E-state index < -0.39 is 17.0 Å². The molecule has 4 rings (SSSR count). The van der Waals surface area contributed by atoms with Gasteiger partial charge < -0.3 is 9.47 Å². The molecule has 0 saturated carbocycles. The van der Waals surface area contributed by atoms with Gasteiger partial charge in [-0.15, -0.1) is 0 Å². The van der Waals surface area contributed by atoms with Gasteiger partial charge in [0.2, 0.25) is 5.91 Å². The Morgan fingerprint density at radius 3 is 1.35 bits per heavy atom. The summed E-state index contributed by atoms with van der Waals surface area (Å²) in [6.45, 7) is 11.4. The smallest absolute Gasteiger partial charge is 0.243 e. The molecular weight excluding hydrogens is 606 g/mol. The predicted molar refractivity (Wildman–Crippen MR) is 187 cm³/mol. The maximum absolute atomic E-state index is 14.3. The van der Waals surface area contributed by atoms with Crippen molar-refractivity contribution in [1.82, 2.24) is 10.9 Å². The number of hydrogen-bond donors (Lipinski definition) is 4. The first-order valence-corrected chi connectivity index (χ1v) is 15.0. The van der Waals surface area contributed by atoms with E-state index in [1.54, 1.807) is 26.8 Å². The molecule has 0 fully saturated rings. The third-order valence-corrected chi connectivity index (χ3v) is 7.41. The fourth-order valence-electron chi connectivity index (χ4n) is 4.01. The van der Waals surface area contributed by atoms with Crippen LogP contribution in [0.15, 0.2) is 84.9 Å². The Morgan fingerprint density at radius 2 is 1.00 bits per heavy atom. The molecule has 4 aromatic carbocycles. The lowest BCUT2D eigenvalue weighted by molar-refractivity contribution is -0.127. The standard InChI is InChI=1S/C18H21FN2O2.C18H21FN2OS/c1-18(2,3)17(22)21-20-15-11-13(10-14(19)16(15)23-4)12-8-6-5-7-9-12;1-18(2,3)17(23)21-20-15-11-13(10-14(19)16(15)22-4)12-8-6-5-7-9-12/h5-11,20H,1-4H3,(H,21,22);5-11,20H,1-4H3,(H,21,23). The van der Waals surface area contributed by atoms with Crippen LogP contribution in [0.25, 0.3) is 22.3 Å². The number of halogens is 2. The van der Waals surface area contributed by atoms with Gasteiger partial charge in [-0.2, -0.15) is 0 Å². The van der Waals surface area contributed by atoms with Crippen LogP contribution in [0, 0.1) is 22.5 Å². The van der Waals surface area contributed by atoms with Crippen LogP contribution in [0.4, 0.5) is 20.2 Å². The molecule has 0 radical (unpaired) electrons. The summed E-state index contributed by atoms with van der Waals surface area (Å²) in [5, 5.41) is 0. The van der Waals surface area contributed by atoms with Crippen molar-refractivity contribution in [3.63, 3.8) is 0 Å². The number of rotatable bonds is 8. The molecule has 4 N–H and O–H groups in total. The molecule has 7 nitrogen and oxygen atoms in total. The van der Waals surface area contributed by atoms with E-state index in [0.29, 0.717) is 21.9 Å². The van der Waals surface area contributed by atoms with E-state index >= 15 is 0 Å². The quantitative estimate of drug-likeness (QED) is 0.112. The van der Waals surface area contributed by atoms with Gasteiger partial charge in [-0.1, -0.05) is 114 Å². The van der Waals surface area contributed by atoms with E-state index in [1.807, 2.05) is 87.5 Å². The molecule has 0 bridgehead atoms. The van der Waals surface area contributed by atoms with E-state index in [0.717, 1.165) is 16.7 Å². The van der Waals surface area contributed by atoms with E-state index in [1.165, 1.54) is 26.4 Å². The van der Waals surface area contributed by atoms with Crippen molar-refractivity contribution >= 4 is 34.5 Å².